The lowest BCUT2D eigenvalue weighted by Crippen LogP contribution is -2.49. The maximum atomic E-state index is 13.4. The Kier molecular flexibility index (Phi) is 7.48. The third-order valence-corrected chi connectivity index (χ3v) is 6.42. The number of nitrogens with zero attached hydrogens (tertiary/aromatic N) is 3. The molecule has 1 aliphatic rings. The topological polar surface area (TPSA) is 75.9 Å². The van der Waals surface area contributed by atoms with Crippen LogP contribution in [-0.4, -0.2) is 53.0 Å². The van der Waals surface area contributed by atoms with Gasteiger partial charge in [-0.05, 0) is 43.7 Å². The number of halogens is 1. The minimum Gasteiger partial charge on any atom is -0.490 e. The molecule has 0 N–H and O–H groups in total. The van der Waals surface area contributed by atoms with Gasteiger partial charge in [0.1, 0.15) is 29.0 Å². The summed E-state index contributed by atoms with van der Waals surface area (Å²) in [6.45, 7) is 4.79. The van der Waals surface area contributed by atoms with Gasteiger partial charge in [0.25, 0.3) is 5.91 Å². The summed E-state index contributed by atoms with van der Waals surface area (Å²) in [5, 5.41) is 3.90. The van der Waals surface area contributed by atoms with Gasteiger partial charge in [-0.1, -0.05) is 35.5 Å². The average molecular weight is 480 g/mol. The number of rotatable bonds is 7. The van der Waals surface area contributed by atoms with Crippen molar-refractivity contribution in [3.8, 4) is 5.75 Å². The molecule has 8 heteroatoms. The number of hydrogen-bond donors (Lipinski definition) is 0. The molecular weight excluding hydrogens is 449 g/mol. The lowest BCUT2D eigenvalue weighted by atomic mass is 9.90. The molecule has 2 amide bonds. The molecule has 0 bridgehead atoms. The van der Waals surface area contributed by atoms with Crippen LogP contribution in [0.3, 0.4) is 0 Å². The Hall–Kier alpha value is -3.68. The SMILES string of the molecule is Cc1noc(C)c1C(=O)N1CC[C@H](Oc2ccc(F)cc2)[C@@H](CC(=O)N(C)Cc2ccccc2)C1. The van der Waals surface area contributed by atoms with Crippen molar-refractivity contribution in [2.45, 2.75) is 39.3 Å². The van der Waals surface area contributed by atoms with Crippen molar-refractivity contribution in [2.24, 2.45) is 5.92 Å². The molecule has 2 heterocycles. The zero-order valence-corrected chi connectivity index (χ0v) is 20.2. The molecule has 1 saturated heterocycles. The van der Waals surface area contributed by atoms with Gasteiger partial charge < -0.3 is 19.1 Å². The summed E-state index contributed by atoms with van der Waals surface area (Å²) in [6.07, 6.45) is 0.483. The van der Waals surface area contributed by atoms with Crippen LogP contribution in [0.25, 0.3) is 0 Å². The van der Waals surface area contributed by atoms with Gasteiger partial charge in [-0.25, -0.2) is 4.39 Å². The summed E-state index contributed by atoms with van der Waals surface area (Å²) in [6, 6.07) is 15.6. The van der Waals surface area contributed by atoms with Crippen LogP contribution in [0.1, 0.15) is 40.2 Å². The number of carbonyl (C=O) groups excluding carboxylic acids is 2. The summed E-state index contributed by atoms with van der Waals surface area (Å²) >= 11 is 0. The quantitative estimate of drug-likeness (QED) is 0.503. The number of amides is 2. The highest BCUT2D eigenvalue weighted by Crippen LogP contribution is 2.28. The number of hydrogen-bond acceptors (Lipinski definition) is 5. The molecule has 4 rings (SSSR count). The number of benzene rings is 2. The Bertz CT molecular complexity index is 1140. The molecule has 0 saturated carbocycles. The van der Waals surface area contributed by atoms with E-state index < -0.39 is 0 Å². The Morgan fingerprint density at radius 2 is 1.86 bits per heavy atom. The Balaban J connectivity index is 1.50. The van der Waals surface area contributed by atoms with Crippen LogP contribution in [-0.2, 0) is 11.3 Å². The first-order chi connectivity index (χ1) is 16.8. The fourth-order valence-corrected chi connectivity index (χ4v) is 4.51. The maximum Gasteiger partial charge on any atom is 0.259 e. The molecular formula is C27H30FN3O4. The second-order valence-corrected chi connectivity index (χ2v) is 9.05. The van der Waals surface area contributed by atoms with E-state index in [-0.39, 0.29) is 36.1 Å². The lowest BCUT2D eigenvalue weighted by molar-refractivity contribution is -0.133. The van der Waals surface area contributed by atoms with E-state index in [4.69, 9.17) is 9.26 Å². The van der Waals surface area contributed by atoms with Gasteiger partial charge in [0, 0.05) is 45.4 Å². The molecule has 184 valence electrons. The van der Waals surface area contributed by atoms with Gasteiger partial charge in [0.15, 0.2) is 0 Å². The Morgan fingerprint density at radius 1 is 1.14 bits per heavy atom. The van der Waals surface area contributed by atoms with Crippen LogP contribution in [0, 0.1) is 25.6 Å². The van der Waals surface area contributed by atoms with Gasteiger partial charge in [0.2, 0.25) is 5.91 Å². The first kappa shape index (κ1) is 24.4. The minimum absolute atomic E-state index is 0.0294. The summed E-state index contributed by atoms with van der Waals surface area (Å²) in [5.41, 5.74) is 2.06. The highest BCUT2D eigenvalue weighted by molar-refractivity contribution is 5.96. The smallest absolute Gasteiger partial charge is 0.259 e. The molecule has 1 fully saturated rings. The van der Waals surface area contributed by atoms with Crippen molar-refractivity contribution < 1.29 is 23.2 Å². The Labute approximate surface area is 204 Å². The van der Waals surface area contributed by atoms with E-state index in [2.05, 4.69) is 5.16 Å². The number of likely N-dealkylation sites (tertiary alicyclic amines) is 1. The van der Waals surface area contributed by atoms with E-state index in [1.54, 1.807) is 42.8 Å². The molecule has 2 atom stereocenters. The van der Waals surface area contributed by atoms with Crippen LogP contribution in [0.5, 0.6) is 5.75 Å². The van der Waals surface area contributed by atoms with E-state index in [1.165, 1.54) is 12.1 Å². The number of aromatic nitrogens is 1. The van der Waals surface area contributed by atoms with Gasteiger partial charge in [-0.2, -0.15) is 0 Å². The zero-order chi connectivity index (χ0) is 24.9. The van der Waals surface area contributed by atoms with Crippen molar-refractivity contribution >= 4 is 11.8 Å². The normalized spacial score (nSPS) is 17.8. The maximum absolute atomic E-state index is 13.4. The van der Waals surface area contributed by atoms with Crippen molar-refractivity contribution in [3.05, 3.63) is 83.0 Å². The van der Waals surface area contributed by atoms with Crippen LogP contribution < -0.4 is 4.74 Å². The van der Waals surface area contributed by atoms with Gasteiger partial charge in [-0.15, -0.1) is 0 Å². The van der Waals surface area contributed by atoms with Crippen LogP contribution in [0.15, 0.2) is 59.1 Å². The zero-order valence-electron chi connectivity index (χ0n) is 20.2. The molecule has 2 aromatic carbocycles. The molecule has 0 spiro atoms. The van der Waals surface area contributed by atoms with Gasteiger partial charge in [0.05, 0.1) is 5.69 Å². The van der Waals surface area contributed by atoms with E-state index >= 15 is 0 Å². The highest BCUT2D eigenvalue weighted by Gasteiger charge is 2.36. The summed E-state index contributed by atoms with van der Waals surface area (Å²) in [4.78, 5) is 29.9. The largest absolute Gasteiger partial charge is 0.490 e. The number of ether oxygens (including phenoxy) is 1. The highest BCUT2D eigenvalue weighted by atomic mass is 19.1. The van der Waals surface area contributed by atoms with Crippen molar-refractivity contribution in [1.82, 2.24) is 15.0 Å². The third-order valence-electron chi connectivity index (χ3n) is 6.42. The van der Waals surface area contributed by atoms with Crippen LogP contribution in [0.4, 0.5) is 4.39 Å². The molecule has 3 aromatic rings. The summed E-state index contributed by atoms with van der Waals surface area (Å²) in [5.74, 6) is 0.259. The molecule has 1 aliphatic heterocycles. The average Bonchev–Trinajstić information content (AvgIpc) is 3.19. The molecule has 0 radical (unpaired) electrons. The van der Waals surface area contributed by atoms with Crippen molar-refractivity contribution in [2.75, 3.05) is 20.1 Å². The van der Waals surface area contributed by atoms with Crippen LogP contribution in [0.2, 0.25) is 0 Å². The first-order valence-corrected chi connectivity index (χ1v) is 11.7. The summed E-state index contributed by atoms with van der Waals surface area (Å²) in [7, 11) is 1.78. The molecule has 35 heavy (non-hydrogen) atoms. The number of piperidine rings is 1. The van der Waals surface area contributed by atoms with E-state index in [0.717, 1.165) is 5.56 Å². The Morgan fingerprint density at radius 3 is 2.51 bits per heavy atom. The van der Waals surface area contributed by atoms with Crippen LogP contribution >= 0.6 is 0 Å². The number of aryl methyl sites for hydroxylation is 2. The fourth-order valence-electron chi connectivity index (χ4n) is 4.51. The van der Waals surface area contributed by atoms with E-state index in [1.807, 2.05) is 30.3 Å². The molecule has 0 aliphatic carbocycles. The molecule has 7 nitrogen and oxygen atoms in total. The molecule has 0 unspecified atom stereocenters. The monoisotopic (exact) mass is 479 g/mol. The minimum atomic E-state index is -0.341. The second-order valence-electron chi connectivity index (χ2n) is 9.05. The van der Waals surface area contributed by atoms with E-state index in [9.17, 15) is 14.0 Å². The van der Waals surface area contributed by atoms with Gasteiger partial charge in [-0.3, -0.25) is 9.59 Å². The second kappa shape index (κ2) is 10.7. The van der Waals surface area contributed by atoms with E-state index in [0.29, 0.717) is 48.8 Å². The predicted molar refractivity (Wildman–Crippen MR) is 128 cm³/mol. The first-order valence-electron chi connectivity index (χ1n) is 11.7. The standard InChI is InChI=1S/C27H30FN3O4/c1-18-26(19(2)35-29-18)27(33)31-14-13-24(34-23-11-9-22(28)10-12-23)21(17-31)15-25(32)30(3)16-20-7-5-4-6-8-20/h4-12,21,24H,13-17H2,1-3H3/t21-,24-/m0/s1. The van der Waals surface area contributed by atoms with Crippen molar-refractivity contribution in [1.29, 1.82) is 0 Å². The molecule has 1 aromatic heterocycles. The number of carbonyl (C=O) groups is 2. The fraction of sp³-hybridized carbons (Fsp3) is 0.370. The third kappa shape index (κ3) is 5.88. The summed E-state index contributed by atoms with van der Waals surface area (Å²) < 4.78 is 24.7. The van der Waals surface area contributed by atoms with Crippen molar-refractivity contribution in [3.63, 3.8) is 0 Å². The lowest BCUT2D eigenvalue weighted by Gasteiger charge is -2.38. The van der Waals surface area contributed by atoms with Gasteiger partial charge >= 0.3 is 0 Å². The predicted octanol–water partition coefficient (Wildman–Crippen LogP) is 4.39.